The van der Waals surface area contributed by atoms with E-state index in [1.54, 1.807) is 0 Å². The van der Waals surface area contributed by atoms with Crippen molar-refractivity contribution in [3.63, 3.8) is 0 Å². The van der Waals surface area contributed by atoms with Crippen molar-refractivity contribution in [2.75, 3.05) is 19.6 Å². The number of rotatable bonds is 8. The summed E-state index contributed by atoms with van der Waals surface area (Å²) in [6, 6.07) is 68.4. The summed E-state index contributed by atoms with van der Waals surface area (Å²) >= 11 is 0. The minimum Gasteiger partial charge on any atom is -0.509 e. The molecule has 10 rings (SSSR count). The zero-order chi connectivity index (χ0) is 37.4. The second-order valence-corrected chi connectivity index (χ2v) is 13.9. The first-order valence-electron chi connectivity index (χ1n) is 18.7. The number of aryl methyl sites for hydroxylation is 1. The predicted octanol–water partition coefficient (Wildman–Crippen LogP) is 13.2. The monoisotopic (exact) mass is 915 g/mol. The molecule has 0 aliphatic carbocycles. The number of para-hydroxylation sites is 1. The zero-order valence-electron chi connectivity index (χ0n) is 31.1. The van der Waals surface area contributed by atoms with E-state index in [1.165, 1.54) is 10.9 Å². The third-order valence-corrected chi connectivity index (χ3v) is 10.3. The molecule has 0 bridgehead atoms. The molecule has 0 saturated heterocycles. The molecule has 0 unspecified atom stereocenters. The molecule has 0 amide bonds. The molecule has 2 aliphatic heterocycles. The fourth-order valence-corrected chi connectivity index (χ4v) is 7.56. The zero-order valence-corrected chi connectivity index (χ0v) is 33.3. The van der Waals surface area contributed by atoms with Crippen molar-refractivity contribution in [3.05, 3.63) is 219 Å². The number of ether oxygens (including phenoxy) is 1. The molecular weight excluding hydrogens is 880 g/mol. The van der Waals surface area contributed by atoms with Gasteiger partial charge in [0.2, 0.25) is 0 Å². The summed E-state index contributed by atoms with van der Waals surface area (Å²) in [6.45, 7) is 6.34. The van der Waals surface area contributed by atoms with Crippen molar-refractivity contribution < 1.29 is 25.8 Å². The van der Waals surface area contributed by atoms with E-state index in [1.807, 2.05) is 54.3 Å². The normalized spacial score (nSPS) is 13.2. The van der Waals surface area contributed by atoms with E-state index in [0.717, 1.165) is 61.8 Å². The van der Waals surface area contributed by atoms with Gasteiger partial charge in [0.1, 0.15) is 0 Å². The van der Waals surface area contributed by atoms with Gasteiger partial charge in [0.15, 0.2) is 0 Å². The van der Waals surface area contributed by atoms with Crippen LogP contribution in [0.1, 0.15) is 5.56 Å². The topological polar surface area (TPSA) is 22.2 Å². The van der Waals surface area contributed by atoms with Crippen LogP contribution in [0.5, 0.6) is 11.5 Å². The fraction of sp³-hybridized carbons (Fsp3) is 0.0196. The number of anilines is 6. The molecule has 8 aromatic rings. The number of hydrogen-bond donors (Lipinski definition) is 0. The van der Waals surface area contributed by atoms with Crippen molar-refractivity contribution in [3.8, 4) is 33.8 Å². The van der Waals surface area contributed by atoms with Gasteiger partial charge in [-0.3, -0.25) is 0 Å². The van der Waals surface area contributed by atoms with Gasteiger partial charge in [-0.2, -0.15) is 12.1 Å². The minimum absolute atomic E-state index is 0. The van der Waals surface area contributed by atoms with Gasteiger partial charge >= 0.3 is 21.1 Å². The summed E-state index contributed by atoms with van der Waals surface area (Å²) in [6.07, 6.45) is 4.07. The summed E-state index contributed by atoms with van der Waals surface area (Å²) in [7, 11) is 0. The first-order valence-corrected chi connectivity index (χ1v) is 18.7. The molecule has 0 aromatic heterocycles. The summed E-state index contributed by atoms with van der Waals surface area (Å²) in [5.41, 5.74) is 11.9. The molecule has 5 nitrogen and oxygen atoms in total. The molecule has 57 heavy (non-hydrogen) atoms. The smallest absolute Gasteiger partial charge is 0.509 e. The second-order valence-electron chi connectivity index (χ2n) is 13.9. The van der Waals surface area contributed by atoms with Crippen LogP contribution in [0.25, 0.3) is 33.0 Å². The average molecular weight is 916 g/mol. The van der Waals surface area contributed by atoms with E-state index in [0.29, 0.717) is 11.5 Å². The van der Waals surface area contributed by atoms with E-state index >= 15 is 0 Å². The SMILES string of the molecule is Cc1ccc(N2C=CN(c3[c-]c(Oc4[c-]c(N5[CH-]N(c6c(-c7ccccc7)cccc6-c6ccccc6)c6c5ccc5ccccc65)ccc4)ccc3)[CH-]2)cc1.[Pt+4]. The van der Waals surface area contributed by atoms with Crippen molar-refractivity contribution in [1.29, 1.82) is 0 Å². The van der Waals surface area contributed by atoms with Gasteiger partial charge in [0.25, 0.3) is 0 Å². The quantitative estimate of drug-likeness (QED) is 0.141. The molecule has 276 valence electrons. The maximum Gasteiger partial charge on any atom is 4.00 e. The number of benzene rings is 8. The van der Waals surface area contributed by atoms with Crippen molar-refractivity contribution in [1.82, 2.24) is 0 Å². The largest absolute Gasteiger partial charge is 4.00 e. The summed E-state index contributed by atoms with van der Waals surface area (Å²) in [5.74, 6) is 1.20. The number of hydrogen-bond acceptors (Lipinski definition) is 5. The van der Waals surface area contributed by atoms with Gasteiger partial charge in [-0.05, 0) is 54.0 Å². The molecule has 8 aromatic carbocycles. The standard InChI is InChI=1S/C51H36N4O.Pt/c1-37-25-28-41(29-26-37)52-31-32-53(35-52)42-18-10-20-44(33-42)56-45-21-11-19-43(34-45)54-36-55(51-48-22-9-8-17-40(48)27-30-49(51)54)50-46(38-13-4-2-5-14-38)23-12-24-47(50)39-15-6-3-7-16-39;/h2-32,35-36H,1H3;/q-4;+4. The maximum atomic E-state index is 6.48. The van der Waals surface area contributed by atoms with E-state index in [-0.39, 0.29) is 21.1 Å². The van der Waals surface area contributed by atoms with Gasteiger partial charge in [-0.25, -0.2) is 0 Å². The Bertz CT molecular complexity index is 2660. The van der Waals surface area contributed by atoms with Gasteiger partial charge in [-0.1, -0.05) is 127 Å². The van der Waals surface area contributed by atoms with Crippen LogP contribution in [0.4, 0.5) is 34.1 Å². The molecule has 2 heterocycles. The first-order chi connectivity index (χ1) is 27.7. The Morgan fingerprint density at radius 2 is 1.07 bits per heavy atom. The molecule has 0 atom stereocenters. The molecule has 0 N–H and O–H groups in total. The summed E-state index contributed by atoms with van der Waals surface area (Å²) < 4.78 is 6.48. The Morgan fingerprint density at radius 1 is 0.474 bits per heavy atom. The average Bonchev–Trinajstić information content (AvgIpc) is 3.91. The molecule has 0 saturated carbocycles. The van der Waals surface area contributed by atoms with Gasteiger partial charge in [-0.15, -0.1) is 61.1 Å². The van der Waals surface area contributed by atoms with Crippen LogP contribution >= 0.6 is 0 Å². The van der Waals surface area contributed by atoms with Crippen LogP contribution in [0.3, 0.4) is 0 Å². The molecule has 0 radical (unpaired) electrons. The van der Waals surface area contributed by atoms with Crippen LogP contribution in [0, 0.1) is 32.4 Å². The van der Waals surface area contributed by atoms with E-state index < -0.39 is 0 Å². The minimum atomic E-state index is 0. The first kappa shape index (κ1) is 36.1. The molecular formula is C51H36N4OPt. The summed E-state index contributed by atoms with van der Waals surface area (Å²) in [5, 5.41) is 2.34. The Kier molecular flexibility index (Phi) is 9.84. The van der Waals surface area contributed by atoms with Crippen molar-refractivity contribution in [2.45, 2.75) is 6.92 Å². The molecule has 0 spiro atoms. The predicted molar refractivity (Wildman–Crippen MR) is 230 cm³/mol. The Balaban J connectivity index is 0.00000422. The van der Waals surface area contributed by atoms with Crippen molar-refractivity contribution >= 4 is 44.9 Å². The van der Waals surface area contributed by atoms with E-state index in [4.69, 9.17) is 4.74 Å². The van der Waals surface area contributed by atoms with Gasteiger partial charge in [0.05, 0.1) is 0 Å². The summed E-state index contributed by atoms with van der Waals surface area (Å²) in [4.78, 5) is 8.71. The fourth-order valence-electron chi connectivity index (χ4n) is 7.56. The van der Waals surface area contributed by atoms with Gasteiger partial charge in [0, 0.05) is 50.8 Å². The third kappa shape index (κ3) is 6.96. The van der Waals surface area contributed by atoms with Gasteiger partial charge < -0.3 is 24.3 Å². The second kappa shape index (κ2) is 15.5. The van der Waals surface area contributed by atoms with E-state index in [2.05, 4.69) is 186 Å². The van der Waals surface area contributed by atoms with E-state index in [9.17, 15) is 0 Å². The number of fused-ring (bicyclic) bond motifs is 3. The number of nitrogens with zero attached hydrogens (tertiary/aromatic N) is 4. The van der Waals surface area contributed by atoms with Crippen LogP contribution in [-0.2, 0) is 21.1 Å². The molecule has 6 heteroatoms. The van der Waals surface area contributed by atoms with Crippen molar-refractivity contribution in [2.24, 2.45) is 0 Å². The van der Waals surface area contributed by atoms with Crippen LogP contribution in [-0.4, -0.2) is 0 Å². The van der Waals surface area contributed by atoms with Crippen LogP contribution < -0.4 is 24.3 Å². The van der Waals surface area contributed by atoms with Crippen LogP contribution in [0.15, 0.2) is 188 Å². The molecule has 2 aliphatic rings. The Hall–Kier alpha value is -6.55. The maximum absolute atomic E-state index is 6.48. The third-order valence-electron chi connectivity index (χ3n) is 10.3. The Labute approximate surface area is 348 Å². The Morgan fingerprint density at radius 3 is 1.77 bits per heavy atom. The molecule has 0 fully saturated rings. The van der Waals surface area contributed by atoms with Crippen LogP contribution in [0.2, 0.25) is 0 Å².